The summed E-state index contributed by atoms with van der Waals surface area (Å²) in [5.41, 5.74) is 0.374. The molecule has 1 aromatic carbocycles. The van der Waals surface area contributed by atoms with Gasteiger partial charge in [0.15, 0.2) is 6.10 Å². The highest BCUT2D eigenvalue weighted by Gasteiger charge is 2.22. The fourth-order valence-corrected chi connectivity index (χ4v) is 2.91. The van der Waals surface area contributed by atoms with Crippen LogP contribution in [-0.4, -0.2) is 27.9 Å². The van der Waals surface area contributed by atoms with E-state index in [1.165, 1.54) is 28.4 Å². The van der Waals surface area contributed by atoms with E-state index < -0.39 is 12.0 Å². The van der Waals surface area contributed by atoms with Crippen molar-refractivity contribution < 1.29 is 9.90 Å². The number of halogens is 2. The average molecular weight is 331 g/mol. The van der Waals surface area contributed by atoms with Crippen molar-refractivity contribution in [3.8, 4) is 0 Å². The molecule has 0 spiro atoms. The number of aliphatic hydroxyl groups excluding tert-OH is 1. The van der Waals surface area contributed by atoms with Crippen LogP contribution in [-0.2, 0) is 11.3 Å². The molecule has 1 amide bonds. The molecule has 1 N–H and O–H groups in total. The van der Waals surface area contributed by atoms with E-state index in [0.29, 0.717) is 22.2 Å². The fraction of sp³-hybridized carbons (Fsp3) is 0.231. The summed E-state index contributed by atoms with van der Waals surface area (Å²) >= 11 is 13.2. The van der Waals surface area contributed by atoms with Crippen LogP contribution < -0.4 is 0 Å². The van der Waals surface area contributed by atoms with Gasteiger partial charge in [-0.15, -0.1) is 11.3 Å². The van der Waals surface area contributed by atoms with Gasteiger partial charge in [0.1, 0.15) is 5.01 Å². The molecule has 0 bridgehead atoms. The van der Waals surface area contributed by atoms with Gasteiger partial charge in [-0.05, 0) is 23.8 Å². The third kappa shape index (κ3) is 3.70. The summed E-state index contributed by atoms with van der Waals surface area (Å²) in [6.45, 7) is 0.349. The molecule has 0 fully saturated rings. The lowest BCUT2D eigenvalue weighted by atomic mass is 10.1. The molecule has 0 unspecified atom stereocenters. The summed E-state index contributed by atoms with van der Waals surface area (Å²) in [4.78, 5) is 17.7. The van der Waals surface area contributed by atoms with Gasteiger partial charge in [0.2, 0.25) is 0 Å². The van der Waals surface area contributed by atoms with E-state index in [0.717, 1.165) is 5.01 Å². The Bertz CT molecular complexity index is 584. The standard InChI is InChI=1S/C13H12Cl2N2O2S/c1-17(7-11-16-2-3-20-11)13(19)12(18)8-4-9(14)6-10(15)5-8/h2-6,12,18H,7H2,1H3/t12-/m0/s1. The first-order chi connectivity index (χ1) is 9.47. The molecule has 20 heavy (non-hydrogen) atoms. The number of amides is 1. The number of aromatic nitrogens is 1. The van der Waals surface area contributed by atoms with E-state index in [9.17, 15) is 9.90 Å². The maximum absolute atomic E-state index is 12.2. The maximum Gasteiger partial charge on any atom is 0.256 e. The molecule has 4 nitrogen and oxygen atoms in total. The number of hydrogen-bond donors (Lipinski definition) is 1. The lowest BCUT2D eigenvalue weighted by molar-refractivity contribution is -0.139. The summed E-state index contributed by atoms with van der Waals surface area (Å²) in [7, 11) is 1.61. The second-order valence-electron chi connectivity index (χ2n) is 4.23. The minimum Gasteiger partial charge on any atom is -0.378 e. The second kappa shape index (κ2) is 6.54. The molecule has 1 heterocycles. The van der Waals surface area contributed by atoms with Crippen LogP contribution in [0.4, 0.5) is 0 Å². The fourth-order valence-electron chi connectivity index (χ4n) is 1.70. The van der Waals surface area contributed by atoms with Gasteiger partial charge >= 0.3 is 0 Å². The molecular weight excluding hydrogens is 319 g/mol. The average Bonchev–Trinajstić information content (AvgIpc) is 2.88. The van der Waals surface area contributed by atoms with E-state index in [2.05, 4.69) is 4.98 Å². The second-order valence-corrected chi connectivity index (χ2v) is 6.08. The molecule has 0 aliphatic rings. The van der Waals surface area contributed by atoms with Crippen LogP contribution in [0.5, 0.6) is 0 Å². The molecule has 0 radical (unpaired) electrons. The van der Waals surface area contributed by atoms with E-state index in [4.69, 9.17) is 23.2 Å². The highest BCUT2D eigenvalue weighted by Crippen LogP contribution is 2.25. The van der Waals surface area contributed by atoms with E-state index in [1.807, 2.05) is 5.38 Å². The first kappa shape index (κ1) is 15.3. The van der Waals surface area contributed by atoms with Gasteiger partial charge < -0.3 is 10.0 Å². The lowest BCUT2D eigenvalue weighted by Crippen LogP contribution is -2.31. The maximum atomic E-state index is 12.2. The van der Waals surface area contributed by atoms with Crippen LogP contribution >= 0.6 is 34.5 Å². The summed E-state index contributed by atoms with van der Waals surface area (Å²) < 4.78 is 0. The van der Waals surface area contributed by atoms with Gasteiger partial charge in [-0.1, -0.05) is 23.2 Å². The zero-order valence-electron chi connectivity index (χ0n) is 10.6. The first-order valence-corrected chi connectivity index (χ1v) is 7.38. The van der Waals surface area contributed by atoms with Crippen molar-refractivity contribution in [1.82, 2.24) is 9.88 Å². The quantitative estimate of drug-likeness (QED) is 0.936. The van der Waals surface area contributed by atoms with Gasteiger partial charge in [-0.3, -0.25) is 4.79 Å². The number of carbonyl (C=O) groups excluding carboxylic acids is 1. The highest BCUT2D eigenvalue weighted by atomic mass is 35.5. The SMILES string of the molecule is CN(Cc1nccs1)C(=O)[C@@H](O)c1cc(Cl)cc(Cl)c1. The Hall–Kier alpha value is -1.14. The van der Waals surface area contributed by atoms with Crippen molar-refractivity contribution in [3.63, 3.8) is 0 Å². The Morgan fingerprint density at radius 1 is 1.40 bits per heavy atom. The predicted octanol–water partition coefficient (Wildman–Crippen LogP) is 3.14. The van der Waals surface area contributed by atoms with E-state index >= 15 is 0 Å². The van der Waals surface area contributed by atoms with E-state index in [-0.39, 0.29) is 0 Å². The Morgan fingerprint density at radius 2 is 2.05 bits per heavy atom. The molecule has 106 valence electrons. The summed E-state index contributed by atoms with van der Waals surface area (Å²) in [5.74, 6) is -0.432. The molecule has 7 heteroatoms. The van der Waals surface area contributed by atoms with Crippen molar-refractivity contribution in [2.45, 2.75) is 12.6 Å². The van der Waals surface area contributed by atoms with Crippen molar-refractivity contribution in [2.75, 3.05) is 7.05 Å². The lowest BCUT2D eigenvalue weighted by Gasteiger charge is -2.20. The minimum atomic E-state index is -1.30. The molecule has 1 atom stereocenters. The van der Waals surface area contributed by atoms with Crippen LogP contribution in [0.15, 0.2) is 29.8 Å². The van der Waals surface area contributed by atoms with Gasteiger partial charge in [0, 0.05) is 28.7 Å². The minimum absolute atomic E-state index is 0.349. The van der Waals surface area contributed by atoms with Gasteiger partial charge in [0.25, 0.3) is 5.91 Å². The predicted molar refractivity (Wildman–Crippen MR) is 80.0 cm³/mol. The molecule has 1 aromatic heterocycles. The zero-order valence-corrected chi connectivity index (χ0v) is 12.9. The zero-order chi connectivity index (χ0) is 14.7. The van der Waals surface area contributed by atoms with Crippen LogP contribution in [0, 0.1) is 0 Å². The molecule has 0 saturated carbocycles. The summed E-state index contributed by atoms with van der Waals surface area (Å²) in [6, 6.07) is 4.59. The number of benzene rings is 1. The topological polar surface area (TPSA) is 53.4 Å². The summed E-state index contributed by atoms with van der Waals surface area (Å²) in [6.07, 6.45) is 0.377. The van der Waals surface area contributed by atoms with E-state index in [1.54, 1.807) is 19.3 Å². The number of thiazole rings is 1. The third-order valence-corrected chi connectivity index (χ3v) is 3.87. The van der Waals surface area contributed by atoms with Crippen LogP contribution in [0.1, 0.15) is 16.7 Å². The number of likely N-dealkylation sites (N-methyl/N-ethyl adjacent to an activating group) is 1. The van der Waals surface area contributed by atoms with Crippen molar-refractivity contribution in [3.05, 3.63) is 50.4 Å². The number of rotatable bonds is 4. The Balaban J connectivity index is 2.11. The number of nitrogens with zero attached hydrogens (tertiary/aromatic N) is 2. The normalized spacial score (nSPS) is 12.2. The Labute approximate surface area is 130 Å². The third-order valence-electron chi connectivity index (χ3n) is 2.67. The first-order valence-electron chi connectivity index (χ1n) is 5.75. The molecular formula is C13H12Cl2N2O2S. The molecule has 0 aliphatic heterocycles. The van der Waals surface area contributed by atoms with Crippen LogP contribution in [0.3, 0.4) is 0 Å². The molecule has 0 saturated heterocycles. The Kier molecular flexibility index (Phi) is 4.99. The van der Waals surface area contributed by atoms with Crippen molar-refractivity contribution in [1.29, 1.82) is 0 Å². The van der Waals surface area contributed by atoms with Crippen LogP contribution in [0.2, 0.25) is 10.0 Å². The molecule has 0 aliphatic carbocycles. The smallest absolute Gasteiger partial charge is 0.256 e. The largest absolute Gasteiger partial charge is 0.378 e. The Morgan fingerprint density at radius 3 is 2.60 bits per heavy atom. The summed E-state index contributed by atoms with van der Waals surface area (Å²) in [5, 5.41) is 13.5. The van der Waals surface area contributed by atoms with Gasteiger partial charge in [-0.2, -0.15) is 0 Å². The van der Waals surface area contributed by atoms with Gasteiger partial charge in [0.05, 0.1) is 6.54 Å². The number of aliphatic hydroxyl groups is 1. The van der Waals surface area contributed by atoms with Crippen molar-refractivity contribution in [2.24, 2.45) is 0 Å². The molecule has 2 rings (SSSR count). The monoisotopic (exact) mass is 330 g/mol. The van der Waals surface area contributed by atoms with Gasteiger partial charge in [-0.25, -0.2) is 4.98 Å². The van der Waals surface area contributed by atoms with Crippen molar-refractivity contribution >= 4 is 40.4 Å². The number of carbonyl (C=O) groups is 1. The number of hydrogen-bond acceptors (Lipinski definition) is 4. The highest BCUT2D eigenvalue weighted by molar-refractivity contribution is 7.09. The molecule has 2 aromatic rings. The van der Waals surface area contributed by atoms with Crippen LogP contribution in [0.25, 0.3) is 0 Å².